The Balaban J connectivity index is 2.09. The molecule has 0 aliphatic heterocycles. The van der Waals surface area contributed by atoms with Crippen LogP contribution in [0.4, 0.5) is 5.69 Å². The lowest BCUT2D eigenvalue weighted by Crippen LogP contribution is -2.51. The van der Waals surface area contributed by atoms with Crippen LogP contribution < -0.4 is 19.1 Å². The number of anilines is 1. The first-order valence-corrected chi connectivity index (χ1v) is 15.5. The van der Waals surface area contributed by atoms with Crippen molar-refractivity contribution in [3.63, 3.8) is 0 Å². The van der Waals surface area contributed by atoms with Crippen LogP contribution in [0.15, 0.2) is 65.6 Å². The van der Waals surface area contributed by atoms with Gasteiger partial charge in [-0.25, -0.2) is 8.42 Å². The molecule has 1 unspecified atom stereocenters. The van der Waals surface area contributed by atoms with Crippen LogP contribution in [0.3, 0.4) is 0 Å². The number of methoxy groups -OCH3 is 2. The van der Waals surface area contributed by atoms with Crippen molar-refractivity contribution in [3.8, 4) is 11.5 Å². The van der Waals surface area contributed by atoms with E-state index >= 15 is 0 Å². The van der Waals surface area contributed by atoms with Gasteiger partial charge in [0.05, 0.1) is 24.8 Å². The first kappa shape index (κ1) is 33.3. The Hall–Kier alpha value is -3.18. The van der Waals surface area contributed by atoms with Crippen molar-refractivity contribution in [1.29, 1.82) is 0 Å². The maximum absolute atomic E-state index is 14.1. The fourth-order valence-corrected chi connectivity index (χ4v) is 6.15. The molecule has 13 heteroatoms. The highest BCUT2D eigenvalue weighted by atomic mass is 35.5. The molecule has 3 aromatic rings. The van der Waals surface area contributed by atoms with E-state index in [-0.39, 0.29) is 22.9 Å². The molecule has 9 nitrogen and oxygen atoms in total. The van der Waals surface area contributed by atoms with E-state index in [2.05, 4.69) is 5.32 Å². The molecule has 0 aliphatic rings. The monoisotopic (exact) mass is 655 g/mol. The van der Waals surface area contributed by atoms with Gasteiger partial charge >= 0.3 is 0 Å². The first-order chi connectivity index (χ1) is 19.9. The third kappa shape index (κ3) is 7.80. The number of rotatable bonds is 13. The summed E-state index contributed by atoms with van der Waals surface area (Å²) in [7, 11) is -1.53. The number of hydrogen-bond acceptors (Lipinski definition) is 6. The molecule has 226 valence electrons. The predicted molar refractivity (Wildman–Crippen MR) is 165 cm³/mol. The topological polar surface area (TPSA) is 105 Å². The summed E-state index contributed by atoms with van der Waals surface area (Å²) in [6.45, 7) is 3.08. The highest BCUT2D eigenvalue weighted by Gasteiger charge is 2.33. The number of nitrogens with one attached hydrogen (secondary N) is 1. The van der Waals surface area contributed by atoms with Gasteiger partial charge in [-0.05, 0) is 61.9 Å². The minimum Gasteiger partial charge on any atom is -0.493 e. The van der Waals surface area contributed by atoms with E-state index in [9.17, 15) is 18.0 Å². The molecular weight excluding hydrogens is 625 g/mol. The van der Waals surface area contributed by atoms with Gasteiger partial charge in [0.1, 0.15) is 12.6 Å². The molecule has 0 aromatic heterocycles. The summed E-state index contributed by atoms with van der Waals surface area (Å²) in [6.07, 6.45) is 0.691. The molecule has 0 spiro atoms. The second-order valence-electron chi connectivity index (χ2n) is 9.19. The van der Waals surface area contributed by atoms with Gasteiger partial charge in [-0.1, -0.05) is 47.8 Å². The lowest BCUT2D eigenvalue weighted by atomic mass is 10.1. The molecule has 3 rings (SSSR count). The van der Waals surface area contributed by atoms with Gasteiger partial charge in [-0.2, -0.15) is 0 Å². The second kappa shape index (κ2) is 14.8. The van der Waals surface area contributed by atoms with Crippen LogP contribution in [0.5, 0.6) is 11.5 Å². The minimum absolute atomic E-state index is 0.136. The van der Waals surface area contributed by atoms with Crippen molar-refractivity contribution in [2.45, 2.75) is 37.8 Å². The Kier molecular flexibility index (Phi) is 11.8. The SMILES string of the molecule is CCCNC(=O)C(C)N(Cc1c(Cl)cccc1Cl)C(=O)CN(c1ccc(Cl)cc1)S(=O)(=O)c1ccc(OC)c(OC)c1. The van der Waals surface area contributed by atoms with E-state index in [1.54, 1.807) is 25.1 Å². The highest BCUT2D eigenvalue weighted by molar-refractivity contribution is 7.92. The summed E-state index contributed by atoms with van der Waals surface area (Å²) >= 11 is 18.9. The molecule has 0 bridgehead atoms. The molecule has 1 N–H and O–H groups in total. The maximum Gasteiger partial charge on any atom is 0.264 e. The van der Waals surface area contributed by atoms with Gasteiger partial charge in [0.25, 0.3) is 10.0 Å². The van der Waals surface area contributed by atoms with Crippen molar-refractivity contribution >= 4 is 62.3 Å². The average Bonchev–Trinajstić information content (AvgIpc) is 2.98. The van der Waals surface area contributed by atoms with Gasteiger partial charge in [0.2, 0.25) is 11.8 Å². The number of sulfonamides is 1. The third-order valence-electron chi connectivity index (χ3n) is 6.44. The van der Waals surface area contributed by atoms with Gasteiger partial charge in [-0.3, -0.25) is 13.9 Å². The third-order valence-corrected chi connectivity index (χ3v) is 9.17. The summed E-state index contributed by atoms with van der Waals surface area (Å²) in [5.41, 5.74) is 0.603. The number of halogens is 3. The van der Waals surface area contributed by atoms with E-state index in [0.29, 0.717) is 39.3 Å². The standard InChI is InChI=1S/C29H32Cl3N3O6S/c1-5-15-33-29(37)19(2)34(17-23-24(31)7-6-8-25(23)32)28(36)18-35(21-11-9-20(30)10-12-21)42(38,39)22-13-14-26(40-3)27(16-22)41-4/h6-14,16,19H,5,15,17-18H2,1-4H3,(H,33,37). The van der Waals surface area contributed by atoms with Crippen LogP contribution in [0, 0.1) is 0 Å². The zero-order valence-corrected chi connectivity index (χ0v) is 26.6. The molecule has 0 heterocycles. The Morgan fingerprint density at radius 2 is 1.55 bits per heavy atom. The minimum atomic E-state index is -4.35. The molecule has 42 heavy (non-hydrogen) atoms. The number of carbonyl (C=O) groups excluding carboxylic acids is 2. The zero-order valence-electron chi connectivity index (χ0n) is 23.6. The Morgan fingerprint density at radius 3 is 2.12 bits per heavy atom. The van der Waals surface area contributed by atoms with Crippen LogP contribution >= 0.6 is 34.8 Å². The zero-order chi connectivity index (χ0) is 31.0. The van der Waals surface area contributed by atoms with E-state index in [1.165, 1.54) is 61.6 Å². The van der Waals surface area contributed by atoms with Crippen molar-refractivity contribution in [3.05, 3.63) is 81.3 Å². The van der Waals surface area contributed by atoms with Gasteiger partial charge in [0, 0.05) is 39.8 Å². The van der Waals surface area contributed by atoms with Crippen molar-refractivity contribution < 1.29 is 27.5 Å². The largest absolute Gasteiger partial charge is 0.493 e. The second-order valence-corrected chi connectivity index (χ2v) is 12.3. The molecule has 0 saturated heterocycles. The summed E-state index contributed by atoms with van der Waals surface area (Å²) in [6, 6.07) is 14.0. The highest BCUT2D eigenvalue weighted by Crippen LogP contribution is 2.33. The summed E-state index contributed by atoms with van der Waals surface area (Å²) in [5.74, 6) is -0.546. The van der Waals surface area contributed by atoms with Gasteiger partial charge in [-0.15, -0.1) is 0 Å². The van der Waals surface area contributed by atoms with Crippen LogP contribution in [-0.4, -0.2) is 58.5 Å². The molecule has 2 amide bonds. The van der Waals surface area contributed by atoms with E-state index in [0.717, 1.165) is 4.31 Å². The van der Waals surface area contributed by atoms with Crippen molar-refractivity contribution in [2.24, 2.45) is 0 Å². The number of nitrogens with zero attached hydrogens (tertiary/aromatic N) is 2. The summed E-state index contributed by atoms with van der Waals surface area (Å²) in [4.78, 5) is 28.1. The lowest BCUT2D eigenvalue weighted by molar-refractivity contribution is -0.139. The number of carbonyl (C=O) groups is 2. The molecule has 0 fully saturated rings. The van der Waals surface area contributed by atoms with Crippen LogP contribution in [-0.2, 0) is 26.2 Å². The molecule has 1 atom stereocenters. The van der Waals surface area contributed by atoms with Crippen LogP contribution in [0.2, 0.25) is 15.1 Å². The molecule has 0 saturated carbocycles. The normalized spacial score (nSPS) is 11.9. The van der Waals surface area contributed by atoms with E-state index in [4.69, 9.17) is 44.3 Å². The van der Waals surface area contributed by atoms with E-state index < -0.39 is 34.4 Å². The number of amides is 2. The molecule has 3 aromatic carbocycles. The average molecular weight is 657 g/mol. The Bertz CT molecular complexity index is 1500. The first-order valence-electron chi connectivity index (χ1n) is 12.9. The number of benzene rings is 3. The Labute approximate surface area is 261 Å². The molecule has 0 aliphatic carbocycles. The maximum atomic E-state index is 14.1. The number of ether oxygens (including phenoxy) is 2. The quantitative estimate of drug-likeness (QED) is 0.249. The van der Waals surface area contributed by atoms with Crippen molar-refractivity contribution in [1.82, 2.24) is 10.2 Å². The smallest absolute Gasteiger partial charge is 0.264 e. The van der Waals surface area contributed by atoms with Crippen LogP contribution in [0.1, 0.15) is 25.8 Å². The fraction of sp³-hybridized carbons (Fsp3) is 0.310. The summed E-state index contributed by atoms with van der Waals surface area (Å²) < 4.78 is 39.6. The van der Waals surface area contributed by atoms with Gasteiger partial charge < -0.3 is 19.7 Å². The van der Waals surface area contributed by atoms with E-state index in [1.807, 2.05) is 6.92 Å². The Morgan fingerprint density at radius 1 is 0.929 bits per heavy atom. The van der Waals surface area contributed by atoms with Crippen molar-refractivity contribution in [2.75, 3.05) is 31.6 Å². The molecular formula is C29H32Cl3N3O6S. The van der Waals surface area contributed by atoms with Gasteiger partial charge in [0.15, 0.2) is 11.5 Å². The number of hydrogen-bond donors (Lipinski definition) is 1. The van der Waals surface area contributed by atoms with Crippen LogP contribution in [0.25, 0.3) is 0 Å². The summed E-state index contributed by atoms with van der Waals surface area (Å²) in [5, 5.41) is 3.76. The molecule has 0 radical (unpaired) electrons. The lowest BCUT2D eigenvalue weighted by Gasteiger charge is -2.32. The predicted octanol–water partition coefficient (Wildman–Crippen LogP) is 5.80. The fourth-order valence-electron chi connectivity index (χ4n) is 4.07.